The fourth-order valence-electron chi connectivity index (χ4n) is 1.83. The zero-order valence-corrected chi connectivity index (χ0v) is 14.2. The van der Waals surface area contributed by atoms with Crippen LogP contribution in [0.1, 0.15) is 0 Å². The molecule has 0 N–H and O–H groups in total. The number of anilines is 1. The smallest absolute Gasteiger partial charge is 0.491 e. The van der Waals surface area contributed by atoms with Gasteiger partial charge in [0.15, 0.2) is 0 Å². The zero-order chi connectivity index (χ0) is 19.5. The topological polar surface area (TPSA) is 38.8 Å². The molecule has 1 aromatic carbocycles. The van der Waals surface area contributed by atoms with Gasteiger partial charge in [0.2, 0.25) is 11.4 Å². The van der Waals surface area contributed by atoms with E-state index < -0.39 is 39.4 Å². The van der Waals surface area contributed by atoms with E-state index in [9.17, 15) is 31.1 Å². The maximum absolute atomic E-state index is 13.3. The van der Waals surface area contributed by atoms with Gasteiger partial charge in [0.1, 0.15) is 19.5 Å². The van der Waals surface area contributed by atoms with Gasteiger partial charge in [-0.25, -0.2) is 9.29 Å². The Labute approximate surface area is 152 Å². The molecular formula is C14H10ClF6NO3S. The SMILES string of the molecule is O=C(C1=COCCO1)N(c1ccc(SC(F)(F)C(F)Cl)cc1)C(F)(F)F. The van der Waals surface area contributed by atoms with E-state index in [4.69, 9.17) is 21.1 Å². The van der Waals surface area contributed by atoms with Gasteiger partial charge in [-0.05, 0) is 36.0 Å². The van der Waals surface area contributed by atoms with Crippen LogP contribution in [0.15, 0.2) is 41.2 Å². The molecule has 1 unspecified atom stereocenters. The number of hydrogen-bond acceptors (Lipinski definition) is 4. The van der Waals surface area contributed by atoms with Crippen LogP contribution in [0.4, 0.5) is 32.0 Å². The number of rotatable bonds is 5. The van der Waals surface area contributed by atoms with Crippen molar-refractivity contribution in [3.05, 3.63) is 36.3 Å². The molecule has 4 nitrogen and oxygen atoms in total. The van der Waals surface area contributed by atoms with Crippen molar-refractivity contribution in [1.82, 2.24) is 0 Å². The van der Waals surface area contributed by atoms with Crippen molar-refractivity contribution < 1.29 is 40.6 Å². The van der Waals surface area contributed by atoms with Gasteiger partial charge < -0.3 is 9.47 Å². The first-order valence-electron chi connectivity index (χ1n) is 6.83. The second-order valence-electron chi connectivity index (χ2n) is 4.77. The molecule has 0 aromatic heterocycles. The van der Waals surface area contributed by atoms with E-state index in [2.05, 4.69) is 0 Å². The van der Waals surface area contributed by atoms with Crippen LogP contribution in [-0.2, 0) is 14.3 Å². The number of alkyl halides is 7. The number of benzene rings is 1. The van der Waals surface area contributed by atoms with Crippen LogP contribution in [0.2, 0.25) is 0 Å². The highest BCUT2D eigenvalue weighted by atomic mass is 35.5. The van der Waals surface area contributed by atoms with Crippen molar-refractivity contribution in [3.63, 3.8) is 0 Å². The summed E-state index contributed by atoms with van der Waals surface area (Å²) in [6.45, 7) is -0.0180. The van der Waals surface area contributed by atoms with E-state index in [1.807, 2.05) is 0 Å². The van der Waals surface area contributed by atoms with Crippen LogP contribution in [0.3, 0.4) is 0 Å². The minimum atomic E-state index is -5.11. The first-order chi connectivity index (χ1) is 12.0. The summed E-state index contributed by atoms with van der Waals surface area (Å²) in [5.41, 5.74) is -3.62. The van der Waals surface area contributed by atoms with E-state index in [1.165, 1.54) is 0 Å². The van der Waals surface area contributed by atoms with Gasteiger partial charge in [-0.3, -0.25) is 4.79 Å². The summed E-state index contributed by atoms with van der Waals surface area (Å²) >= 11 is 4.45. The Hall–Kier alpha value is -1.75. The molecule has 144 valence electrons. The fourth-order valence-corrected chi connectivity index (χ4v) is 2.64. The van der Waals surface area contributed by atoms with Gasteiger partial charge in [0.25, 0.3) is 0 Å². The lowest BCUT2D eigenvalue weighted by Crippen LogP contribution is -2.44. The van der Waals surface area contributed by atoms with E-state index >= 15 is 0 Å². The third-order valence-electron chi connectivity index (χ3n) is 2.92. The van der Waals surface area contributed by atoms with Crippen LogP contribution in [0.5, 0.6) is 0 Å². The molecular weight excluding hydrogens is 412 g/mol. The molecule has 1 atom stereocenters. The van der Waals surface area contributed by atoms with Crippen LogP contribution in [-0.4, -0.2) is 36.3 Å². The normalized spacial score (nSPS) is 16.2. The third kappa shape index (κ3) is 4.91. The maximum Gasteiger partial charge on any atom is 0.491 e. The number of ether oxygens (including phenoxy) is 2. The predicted molar refractivity (Wildman–Crippen MR) is 81.5 cm³/mol. The van der Waals surface area contributed by atoms with Crippen molar-refractivity contribution in [2.75, 3.05) is 18.1 Å². The van der Waals surface area contributed by atoms with E-state index in [0.717, 1.165) is 30.5 Å². The van der Waals surface area contributed by atoms with Crippen LogP contribution < -0.4 is 4.90 Å². The Kier molecular flexibility index (Phi) is 6.22. The van der Waals surface area contributed by atoms with Crippen molar-refractivity contribution in [1.29, 1.82) is 0 Å². The monoisotopic (exact) mass is 421 g/mol. The molecule has 0 radical (unpaired) electrons. The Morgan fingerprint density at radius 1 is 1.15 bits per heavy atom. The first-order valence-corrected chi connectivity index (χ1v) is 8.08. The molecule has 1 aliphatic rings. The summed E-state index contributed by atoms with van der Waals surface area (Å²) in [7, 11) is 0. The molecule has 26 heavy (non-hydrogen) atoms. The molecule has 1 heterocycles. The number of thioether (sulfide) groups is 1. The van der Waals surface area contributed by atoms with Gasteiger partial charge in [0, 0.05) is 4.90 Å². The second-order valence-corrected chi connectivity index (χ2v) is 6.37. The third-order valence-corrected chi connectivity index (χ3v) is 4.31. The highest BCUT2D eigenvalue weighted by Gasteiger charge is 2.45. The van der Waals surface area contributed by atoms with Crippen molar-refractivity contribution in [2.45, 2.75) is 22.1 Å². The average Bonchev–Trinajstić information content (AvgIpc) is 2.55. The van der Waals surface area contributed by atoms with Crippen LogP contribution >= 0.6 is 23.4 Å². The number of hydrogen-bond donors (Lipinski definition) is 0. The van der Waals surface area contributed by atoms with E-state index in [-0.39, 0.29) is 29.9 Å². The van der Waals surface area contributed by atoms with Gasteiger partial charge in [-0.1, -0.05) is 11.6 Å². The number of carbonyl (C=O) groups excluding carboxylic acids is 1. The molecule has 0 saturated carbocycles. The first kappa shape index (κ1) is 20.6. The number of carbonyl (C=O) groups is 1. The quantitative estimate of drug-likeness (QED) is 0.300. The predicted octanol–water partition coefficient (Wildman–Crippen LogP) is 4.65. The molecule has 0 fully saturated rings. The molecule has 1 aromatic rings. The van der Waals surface area contributed by atoms with Gasteiger partial charge in [-0.15, -0.1) is 13.2 Å². The Morgan fingerprint density at radius 2 is 1.77 bits per heavy atom. The molecule has 2 rings (SSSR count). The summed E-state index contributed by atoms with van der Waals surface area (Å²) in [5, 5.41) is -3.97. The van der Waals surface area contributed by atoms with Crippen molar-refractivity contribution in [3.8, 4) is 0 Å². The molecule has 0 spiro atoms. The van der Waals surface area contributed by atoms with Gasteiger partial charge in [0.05, 0.1) is 5.69 Å². The van der Waals surface area contributed by atoms with Gasteiger partial charge >= 0.3 is 17.5 Å². The highest BCUT2D eigenvalue weighted by molar-refractivity contribution is 8.00. The van der Waals surface area contributed by atoms with Crippen molar-refractivity contribution >= 4 is 35.0 Å². The lowest BCUT2D eigenvalue weighted by atomic mass is 10.3. The molecule has 1 aliphatic heterocycles. The Bertz CT molecular complexity index is 680. The Balaban J connectivity index is 2.27. The summed E-state index contributed by atoms with van der Waals surface area (Å²) in [4.78, 5) is 11.3. The lowest BCUT2D eigenvalue weighted by molar-refractivity contribution is -0.150. The molecule has 1 amide bonds. The molecule has 12 heteroatoms. The number of amides is 1. The van der Waals surface area contributed by atoms with Crippen LogP contribution in [0.25, 0.3) is 0 Å². The fraction of sp³-hybridized carbons (Fsp3) is 0.357. The zero-order valence-electron chi connectivity index (χ0n) is 12.6. The minimum Gasteiger partial charge on any atom is -0.494 e. The molecule has 0 bridgehead atoms. The molecule has 0 saturated heterocycles. The largest absolute Gasteiger partial charge is 0.494 e. The number of halogens is 7. The minimum absolute atomic E-state index is 0.0824. The average molecular weight is 422 g/mol. The highest BCUT2D eigenvalue weighted by Crippen LogP contribution is 2.42. The second kappa shape index (κ2) is 7.87. The standard InChI is InChI=1S/C14H10ClF6NO3S/c15-12(16)13(17,18)26-9-3-1-8(2-4-9)22(14(19,20)21)11(23)10-7-24-5-6-25-10/h1-4,7,12H,5-6H2. The summed E-state index contributed by atoms with van der Waals surface area (Å²) in [6.07, 6.45) is -4.35. The molecule has 0 aliphatic carbocycles. The van der Waals surface area contributed by atoms with Crippen LogP contribution in [0, 0.1) is 0 Å². The Morgan fingerprint density at radius 3 is 2.23 bits per heavy atom. The summed E-state index contributed by atoms with van der Waals surface area (Å²) < 4.78 is 88.5. The summed E-state index contributed by atoms with van der Waals surface area (Å²) in [6, 6.07) is 3.34. The maximum atomic E-state index is 13.3. The number of nitrogens with zero attached hydrogens (tertiary/aromatic N) is 1. The van der Waals surface area contributed by atoms with E-state index in [0.29, 0.717) is 0 Å². The summed E-state index contributed by atoms with van der Waals surface area (Å²) in [5.74, 6) is -2.19. The van der Waals surface area contributed by atoms with Gasteiger partial charge in [-0.2, -0.15) is 8.78 Å². The van der Waals surface area contributed by atoms with Crippen molar-refractivity contribution in [2.24, 2.45) is 0 Å². The lowest BCUT2D eigenvalue weighted by Gasteiger charge is -2.27. The van der Waals surface area contributed by atoms with E-state index in [1.54, 1.807) is 0 Å².